The monoisotopic (exact) mass is 358 g/mol. The van der Waals surface area contributed by atoms with Crippen LogP contribution in [0.5, 0.6) is 0 Å². The Bertz CT molecular complexity index is 745. The third kappa shape index (κ3) is 4.54. The number of nitrogens with one attached hydrogen (secondary N) is 1. The number of nitrogens with zero attached hydrogens (tertiary/aromatic N) is 1. The molecule has 0 saturated carbocycles. The molecule has 128 valence electrons. The molecule has 1 atom stereocenters. The van der Waals surface area contributed by atoms with Gasteiger partial charge in [0.15, 0.2) is 0 Å². The van der Waals surface area contributed by atoms with Gasteiger partial charge in [0.1, 0.15) is 6.04 Å². The van der Waals surface area contributed by atoms with E-state index in [9.17, 15) is 22.8 Å². The number of aryl methyl sites for hydroxylation is 1. The largest absolute Gasteiger partial charge is 0.480 e. The Kier molecular flexibility index (Phi) is 5.23. The first-order valence-corrected chi connectivity index (χ1v) is 7.67. The average molecular weight is 358 g/mol. The third-order valence-electron chi connectivity index (χ3n) is 3.14. The number of rotatable bonds is 5. The number of alkyl halides is 3. The molecule has 0 aliphatic rings. The summed E-state index contributed by atoms with van der Waals surface area (Å²) in [6, 6.07) is 4.61. The second-order valence-electron chi connectivity index (χ2n) is 4.99. The van der Waals surface area contributed by atoms with Gasteiger partial charge in [0.05, 0.1) is 28.2 Å². The summed E-state index contributed by atoms with van der Waals surface area (Å²) in [6.07, 6.45) is -6.35. The molecule has 0 radical (unpaired) electrons. The van der Waals surface area contributed by atoms with Crippen LogP contribution in [0.2, 0.25) is 0 Å². The minimum Gasteiger partial charge on any atom is -0.480 e. The molecule has 1 amide bonds. The van der Waals surface area contributed by atoms with Crippen LogP contribution < -0.4 is 5.32 Å². The Hall–Kier alpha value is -2.42. The van der Waals surface area contributed by atoms with Gasteiger partial charge in [0.25, 0.3) is 5.91 Å². The van der Waals surface area contributed by atoms with Gasteiger partial charge in [0, 0.05) is 0 Å². The van der Waals surface area contributed by atoms with E-state index in [0.717, 1.165) is 4.88 Å². The number of carboxylic acid groups (broad SMARTS) is 1. The van der Waals surface area contributed by atoms with Crippen LogP contribution in [0.4, 0.5) is 13.2 Å². The standard InChI is InChI=1S/C15H13F3N2O3S/c1-8-9(4-5-10(19-8)12-3-2-6-24-12)13(21)20-11(14(22)23)7-15(16,17)18/h2-6,11H,7H2,1H3,(H,20,21)(H,22,23). The summed E-state index contributed by atoms with van der Waals surface area (Å²) in [7, 11) is 0. The SMILES string of the molecule is Cc1nc(-c2cccs2)ccc1C(=O)NC(CC(F)(F)F)C(=O)O. The average Bonchev–Trinajstić information content (AvgIpc) is 2.98. The molecule has 1 unspecified atom stereocenters. The number of aliphatic carboxylic acids is 1. The number of carbonyl (C=O) groups is 2. The number of pyridine rings is 1. The maximum Gasteiger partial charge on any atom is 0.391 e. The van der Waals surface area contributed by atoms with Gasteiger partial charge in [-0.1, -0.05) is 6.07 Å². The summed E-state index contributed by atoms with van der Waals surface area (Å²) >= 11 is 1.45. The molecule has 0 fully saturated rings. The number of aromatic nitrogens is 1. The number of carbonyl (C=O) groups excluding carboxylic acids is 1. The molecule has 0 saturated heterocycles. The van der Waals surface area contributed by atoms with Gasteiger partial charge in [-0.15, -0.1) is 11.3 Å². The highest BCUT2D eigenvalue weighted by atomic mass is 32.1. The quantitative estimate of drug-likeness (QED) is 0.860. The van der Waals surface area contributed by atoms with Crippen LogP contribution in [0.15, 0.2) is 29.6 Å². The van der Waals surface area contributed by atoms with Gasteiger partial charge >= 0.3 is 12.1 Å². The van der Waals surface area contributed by atoms with Crippen molar-refractivity contribution in [3.05, 3.63) is 40.9 Å². The Balaban J connectivity index is 2.18. The van der Waals surface area contributed by atoms with E-state index in [0.29, 0.717) is 11.4 Å². The van der Waals surface area contributed by atoms with Crippen LogP contribution in [-0.2, 0) is 4.79 Å². The molecule has 0 aliphatic carbocycles. The van der Waals surface area contributed by atoms with E-state index in [2.05, 4.69) is 4.98 Å². The molecular weight excluding hydrogens is 345 g/mol. The summed E-state index contributed by atoms with van der Waals surface area (Å²) in [5.74, 6) is -2.66. The van der Waals surface area contributed by atoms with Crippen molar-refractivity contribution < 1.29 is 27.9 Å². The predicted octanol–water partition coefficient (Wildman–Crippen LogP) is 3.25. The number of hydrogen-bond acceptors (Lipinski definition) is 4. The minimum absolute atomic E-state index is 0.0312. The number of halogens is 3. The van der Waals surface area contributed by atoms with E-state index in [1.54, 1.807) is 6.07 Å². The highest BCUT2D eigenvalue weighted by Gasteiger charge is 2.36. The van der Waals surface area contributed by atoms with Gasteiger partial charge in [-0.3, -0.25) is 9.78 Å². The maximum absolute atomic E-state index is 12.4. The van der Waals surface area contributed by atoms with Crippen LogP contribution in [0.1, 0.15) is 22.5 Å². The molecular formula is C15H13F3N2O3S. The summed E-state index contributed by atoms with van der Waals surface area (Å²) in [4.78, 5) is 28.1. The first kappa shape index (κ1) is 17.9. The lowest BCUT2D eigenvalue weighted by molar-refractivity contribution is -0.157. The van der Waals surface area contributed by atoms with Gasteiger partial charge in [-0.2, -0.15) is 13.2 Å². The van der Waals surface area contributed by atoms with Gasteiger partial charge in [-0.05, 0) is 30.5 Å². The molecule has 2 N–H and O–H groups in total. The summed E-state index contributed by atoms with van der Waals surface area (Å²) < 4.78 is 37.1. The fourth-order valence-electron chi connectivity index (χ4n) is 2.03. The highest BCUT2D eigenvalue weighted by molar-refractivity contribution is 7.13. The minimum atomic E-state index is -4.70. The van der Waals surface area contributed by atoms with Gasteiger partial charge in [-0.25, -0.2) is 4.79 Å². The number of amides is 1. The zero-order chi connectivity index (χ0) is 17.9. The van der Waals surface area contributed by atoms with Gasteiger partial charge in [0.2, 0.25) is 0 Å². The molecule has 24 heavy (non-hydrogen) atoms. The third-order valence-corrected chi connectivity index (χ3v) is 4.04. The van der Waals surface area contributed by atoms with Crippen molar-refractivity contribution in [3.8, 4) is 10.6 Å². The lowest BCUT2D eigenvalue weighted by Crippen LogP contribution is -2.43. The molecule has 0 bridgehead atoms. The smallest absolute Gasteiger partial charge is 0.391 e. The molecule has 0 aliphatic heterocycles. The normalized spacial score (nSPS) is 12.7. The van der Waals surface area contributed by atoms with Crippen molar-refractivity contribution >= 4 is 23.2 Å². The summed E-state index contributed by atoms with van der Waals surface area (Å²) in [6.45, 7) is 1.53. The second kappa shape index (κ2) is 7.00. The Morgan fingerprint density at radius 1 is 1.33 bits per heavy atom. The van der Waals surface area contributed by atoms with E-state index >= 15 is 0 Å². The van der Waals surface area contributed by atoms with Crippen molar-refractivity contribution in [3.63, 3.8) is 0 Å². The van der Waals surface area contributed by atoms with Crippen LogP contribution in [0, 0.1) is 6.92 Å². The maximum atomic E-state index is 12.4. The molecule has 9 heteroatoms. The Morgan fingerprint density at radius 3 is 2.54 bits per heavy atom. The molecule has 2 heterocycles. The fraction of sp³-hybridized carbons (Fsp3) is 0.267. The molecule has 0 aromatic carbocycles. The molecule has 2 rings (SSSR count). The first-order chi connectivity index (χ1) is 11.2. The summed E-state index contributed by atoms with van der Waals surface area (Å²) in [5.41, 5.74) is 0.961. The zero-order valence-corrected chi connectivity index (χ0v) is 13.2. The predicted molar refractivity (Wildman–Crippen MR) is 81.8 cm³/mol. The van der Waals surface area contributed by atoms with E-state index in [4.69, 9.17) is 5.11 Å². The number of thiophene rings is 1. The topological polar surface area (TPSA) is 79.3 Å². The van der Waals surface area contributed by atoms with E-state index < -0.39 is 30.5 Å². The molecule has 5 nitrogen and oxygen atoms in total. The van der Waals surface area contributed by atoms with Crippen molar-refractivity contribution in [1.82, 2.24) is 10.3 Å². The lowest BCUT2D eigenvalue weighted by atomic mass is 10.1. The molecule has 2 aromatic heterocycles. The van der Waals surface area contributed by atoms with Crippen molar-refractivity contribution in [2.75, 3.05) is 0 Å². The number of carboxylic acids is 1. The highest BCUT2D eigenvalue weighted by Crippen LogP contribution is 2.24. The van der Waals surface area contributed by atoms with Crippen LogP contribution >= 0.6 is 11.3 Å². The van der Waals surface area contributed by atoms with Gasteiger partial charge < -0.3 is 10.4 Å². The lowest BCUT2D eigenvalue weighted by Gasteiger charge is -2.17. The molecule has 2 aromatic rings. The van der Waals surface area contributed by atoms with E-state index in [-0.39, 0.29) is 5.56 Å². The fourth-order valence-corrected chi connectivity index (χ4v) is 2.73. The van der Waals surface area contributed by atoms with Crippen molar-refractivity contribution in [2.45, 2.75) is 25.6 Å². The Morgan fingerprint density at radius 2 is 2.04 bits per heavy atom. The molecule has 0 spiro atoms. The van der Waals surface area contributed by atoms with E-state index in [1.165, 1.54) is 24.3 Å². The van der Waals surface area contributed by atoms with Crippen LogP contribution in [-0.4, -0.2) is 34.2 Å². The van der Waals surface area contributed by atoms with Crippen LogP contribution in [0.25, 0.3) is 10.6 Å². The number of hydrogen-bond donors (Lipinski definition) is 2. The first-order valence-electron chi connectivity index (χ1n) is 6.79. The van der Waals surface area contributed by atoms with E-state index in [1.807, 2.05) is 22.8 Å². The Labute approximate surface area is 139 Å². The van der Waals surface area contributed by atoms with Crippen LogP contribution in [0.3, 0.4) is 0 Å². The van der Waals surface area contributed by atoms with Crippen molar-refractivity contribution in [1.29, 1.82) is 0 Å². The zero-order valence-electron chi connectivity index (χ0n) is 12.4. The summed E-state index contributed by atoms with van der Waals surface area (Å²) in [5, 5.41) is 12.6. The second-order valence-corrected chi connectivity index (χ2v) is 5.94. The van der Waals surface area contributed by atoms with Crippen molar-refractivity contribution in [2.24, 2.45) is 0 Å².